The molecule has 0 aromatic carbocycles. The lowest BCUT2D eigenvalue weighted by Gasteiger charge is -2.14. The Morgan fingerprint density at radius 3 is 2.73 bits per heavy atom. The van der Waals surface area contributed by atoms with Gasteiger partial charge in [0, 0.05) is 0 Å². The Kier molecular flexibility index (Phi) is 5.57. The van der Waals surface area contributed by atoms with Crippen molar-refractivity contribution < 1.29 is 28.5 Å². The van der Waals surface area contributed by atoms with Gasteiger partial charge in [-0.25, -0.2) is 19.9 Å². The molecule has 0 aliphatic rings. The molecule has 12 nitrogen and oxygen atoms in total. The number of urea groups is 1. The van der Waals surface area contributed by atoms with Crippen LogP contribution in [0.15, 0.2) is 21.7 Å². The normalized spacial score (nSPS) is 10.2. The molecule has 1 aromatic heterocycles. The molecule has 1 heterocycles. The number of rotatable bonds is 5. The minimum Gasteiger partial charge on any atom is -0.453 e. The van der Waals surface area contributed by atoms with Crippen LogP contribution < -0.4 is 11.1 Å². The van der Waals surface area contributed by atoms with Crippen LogP contribution in [0.25, 0.3) is 0 Å². The van der Waals surface area contributed by atoms with Gasteiger partial charge in [-0.15, -0.1) is 0 Å². The van der Waals surface area contributed by atoms with E-state index in [0.717, 1.165) is 19.4 Å². The summed E-state index contributed by atoms with van der Waals surface area (Å²) in [6.45, 7) is -0.637. The first kappa shape index (κ1) is 16.6. The van der Waals surface area contributed by atoms with Gasteiger partial charge in [-0.1, -0.05) is 0 Å². The van der Waals surface area contributed by atoms with Gasteiger partial charge in [0.05, 0.1) is 19.4 Å². The highest BCUT2D eigenvalue weighted by molar-refractivity contribution is 5.93. The van der Waals surface area contributed by atoms with E-state index in [2.05, 4.69) is 9.84 Å². The lowest BCUT2D eigenvalue weighted by atomic mass is 10.5. The number of amides is 4. The van der Waals surface area contributed by atoms with Gasteiger partial charge in [-0.2, -0.15) is 5.10 Å². The largest absolute Gasteiger partial charge is 0.453 e. The van der Waals surface area contributed by atoms with Gasteiger partial charge in [-0.3, -0.25) is 14.9 Å². The van der Waals surface area contributed by atoms with Crippen LogP contribution in [0.4, 0.5) is 15.5 Å². The van der Waals surface area contributed by atoms with Crippen molar-refractivity contribution in [1.82, 2.24) is 10.3 Å². The Balaban J connectivity index is 2.84. The number of nitro groups is 1. The number of alkyl carbamates (subject to hydrolysis) is 1. The van der Waals surface area contributed by atoms with Crippen LogP contribution in [0, 0.1) is 10.1 Å². The van der Waals surface area contributed by atoms with Gasteiger partial charge in [0.1, 0.15) is 11.5 Å². The molecule has 118 valence electrons. The molecule has 0 aliphatic heterocycles. The van der Waals surface area contributed by atoms with Gasteiger partial charge in [0.25, 0.3) is 0 Å². The van der Waals surface area contributed by atoms with Crippen LogP contribution in [-0.4, -0.2) is 47.8 Å². The van der Waals surface area contributed by atoms with E-state index >= 15 is 0 Å². The number of nitrogens with one attached hydrogen (secondary N) is 1. The average molecular weight is 313 g/mol. The minimum atomic E-state index is -1.08. The van der Waals surface area contributed by atoms with Crippen LogP contribution >= 0.6 is 0 Å². The van der Waals surface area contributed by atoms with E-state index < -0.39 is 35.4 Å². The number of carbonyl (C=O) groups is 3. The number of imide groups is 1. The summed E-state index contributed by atoms with van der Waals surface area (Å²) in [5, 5.41) is 16.3. The van der Waals surface area contributed by atoms with Gasteiger partial charge < -0.3 is 14.9 Å². The molecule has 1 aromatic rings. The molecule has 0 saturated heterocycles. The van der Waals surface area contributed by atoms with E-state index in [9.17, 15) is 24.5 Å². The molecule has 0 radical (unpaired) electrons. The molecule has 0 aliphatic carbocycles. The van der Waals surface area contributed by atoms with Crippen LogP contribution in [0.2, 0.25) is 0 Å². The third-order valence-electron chi connectivity index (χ3n) is 2.05. The fraction of sp³-hybridized carbons (Fsp3) is 0.200. The number of methoxy groups -OCH3 is 1. The molecular weight excluding hydrogens is 302 g/mol. The lowest BCUT2D eigenvalue weighted by molar-refractivity contribution is -0.402. The van der Waals surface area contributed by atoms with Gasteiger partial charge >= 0.3 is 18.0 Å². The number of hydrogen-bond acceptors (Lipinski definition) is 8. The molecule has 0 spiro atoms. The second kappa shape index (κ2) is 7.37. The number of hydrazone groups is 1. The van der Waals surface area contributed by atoms with E-state index in [1.165, 1.54) is 6.07 Å². The summed E-state index contributed by atoms with van der Waals surface area (Å²) in [5.41, 5.74) is 4.94. The summed E-state index contributed by atoms with van der Waals surface area (Å²) < 4.78 is 8.98. The molecule has 0 atom stereocenters. The molecule has 22 heavy (non-hydrogen) atoms. The van der Waals surface area contributed by atoms with E-state index in [4.69, 9.17) is 10.2 Å². The van der Waals surface area contributed by atoms with Crippen molar-refractivity contribution in [3.05, 3.63) is 28.0 Å². The van der Waals surface area contributed by atoms with Crippen molar-refractivity contribution in [2.75, 3.05) is 13.7 Å². The summed E-state index contributed by atoms with van der Waals surface area (Å²) >= 11 is 0. The zero-order valence-corrected chi connectivity index (χ0v) is 11.2. The Morgan fingerprint density at radius 1 is 1.55 bits per heavy atom. The van der Waals surface area contributed by atoms with E-state index in [-0.39, 0.29) is 5.76 Å². The van der Waals surface area contributed by atoms with Gasteiger partial charge in [0.15, 0.2) is 5.76 Å². The van der Waals surface area contributed by atoms with Crippen molar-refractivity contribution in [1.29, 1.82) is 0 Å². The topological polar surface area (TPSA) is 170 Å². The van der Waals surface area contributed by atoms with Crippen LogP contribution in [-0.2, 0) is 9.53 Å². The van der Waals surface area contributed by atoms with Crippen LogP contribution in [0.5, 0.6) is 0 Å². The second-order valence-corrected chi connectivity index (χ2v) is 3.62. The molecule has 12 heteroatoms. The first-order chi connectivity index (χ1) is 10.3. The van der Waals surface area contributed by atoms with E-state index in [1.807, 2.05) is 0 Å². The zero-order chi connectivity index (χ0) is 16.7. The highest BCUT2D eigenvalue weighted by Crippen LogP contribution is 2.13. The Morgan fingerprint density at radius 2 is 2.23 bits per heavy atom. The fourth-order valence-corrected chi connectivity index (χ4v) is 1.15. The zero-order valence-electron chi connectivity index (χ0n) is 11.2. The monoisotopic (exact) mass is 313 g/mol. The van der Waals surface area contributed by atoms with Crippen LogP contribution in [0.3, 0.4) is 0 Å². The Hall–Kier alpha value is -3.44. The lowest BCUT2D eigenvalue weighted by Crippen LogP contribution is -2.43. The van der Waals surface area contributed by atoms with Crippen molar-refractivity contribution in [3.63, 3.8) is 0 Å². The second-order valence-electron chi connectivity index (χ2n) is 3.62. The van der Waals surface area contributed by atoms with Crippen molar-refractivity contribution >= 4 is 30.1 Å². The predicted octanol–water partition coefficient (Wildman–Crippen LogP) is -0.215. The highest BCUT2D eigenvalue weighted by Gasteiger charge is 2.18. The number of hydrogen-bond donors (Lipinski definition) is 2. The SMILES string of the molecule is COC(=O)NC(=O)N(CC(N)=O)/N=C/c1ccc([N+](=O)[O-])o1. The maximum atomic E-state index is 11.6. The van der Waals surface area contributed by atoms with Gasteiger partial charge in [0.2, 0.25) is 5.91 Å². The third-order valence-corrected chi connectivity index (χ3v) is 2.05. The maximum Gasteiger partial charge on any atom is 0.433 e. The molecule has 4 amide bonds. The van der Waals surface area contributed by atoms with Gasteiger partial charge in [-0.05, 0) is 6.07 Å². The number of carbonyl (C=O) groups excluding carboxylic acids is 3. The molecular formula is C10H11N5O7. The Labute approximate surface area is 122 Å². The summed E-state index contributed by atoms with van der Waals surface area (Å²) in [6, 6.07) is 1.22. The number of primary amides is 1. The Bertz CT molecular complexity index is 623. The molecule has 0 bridgehead atoms. The maximum absolute atomic E-state index is 11.6. The van der Waals surface area contributed by atoms with Crippen molar-refractivity contribution in [2.45, 2.75) is 0 Å². The quantitative estimate of drug-likeness (QED) is 0.430. The standard InChI is InChI=1S/C10H11N5O7/c1-21-10(18)13-9(17)14(5-7(11)16)12-4-6-2-3-8(22-6)15(19)20/h2-4H,5H2,1H3,(H2,11,16)(H,13,17,18)/b12-4+. The number of furan rings is 1. The minimum absolute atomic E-state index is 0.0490. The number of nitrogens with two attached hydrogens (primary N) is 1. The average Bonchev–Trinajstić information content (AvgIpc) is 2.91. The summed E-state index contributed by atoms with van der Waals surface area (Å²) in [7, 11) is 1.03. The highest BCUT2D eigenvalue weighted by atomic mass is 16.6. The first-order valence-corrected chi connectivity index (χ1v) is 5.56. The molecule has 0 unspecified atom stereocenters. The smallest absolute Gasteiger partial charge is 0.433 e. The molecule has 0 fully saturated rings. The molecule has 3 N–H and O–H groups in total. The van der Waals surface area contributed by atoms with E-state index in [0.29, 0.717) is 5.01 Å². The van der Waals surface area contributed by atoms with Crippen molar-refractivity contribution in [3.8, 4) is 0 Å². The molecule has 1 rings (SSSR count). The van der Waals surface area contributed by atoms with Crippen molar-refractivity contribution in [2.24, 2.45) is 10.8 Å². The van der Waals surface area contributed by atoms with E-state index in [1.54, 1.807) is 5.32 Å². The summed E-state index contributed by atoms with van der Waals surface area (Å²) in [5.74, 6) is -1.48. The first-order valence-electron chi connectivity index (χ1n) is 5.56. The number of nitrogens with zero attached hydrogens (tertiary/aromatic N) is 3. The summed E-state index contributed by atoms with van der Waals surface area (Å²) in [6.07, 6.45) is -0.129. The fourth-order valence-electron chi connectivity index (χ4n) is 1.15. The third kappa shape index (κ3) is 4.92. The summed E-state index contributed by atoms with van der Waals surface area (Å²) in [4.78, 5) is 43.1. The van der Waals surface area contributed by atoms with Crippen LogP contribution in [0.1, 0.15) is 5.76 Å². The molecule has 0 saturated carbocycles. The predicted molar refractivity (Wildman–Crippen MR) is 69.8 cm³/mol. The number of ether oxygens (including phenoxy) is 1.